The molecule has 1 rings (SSSR count). The summed E-state index contributed by atoms with van der Waals surface area (Å²) >= 11 is 0. The van der Waals surface area contributed by atoms with Crippen LogP contribution in [0.25, 0.3) is 0 Å². The molecular formula is C13H20N2O4S. The maximum atomic E-state index is 12.1. The van der Waals surface area contributed by atoms with E-state index in [2.05, 4.69) is 4.72 Å². The van der Waals surface area contributed by atoms with Crippen LogP contribution in [0.4, 0.5) is 5.69 Å². The van der Waals surface area contributed by atoms with Crippen molar-refractivity contribution in [3.8, 4) is 0 Å². The van der Waals surface area contributed by atoms with Crippen LogP contribution < -0.4 is 4.72 Å². The molecule has 0 fully saturated rings. The fourth-order valence-corrected chi connectivity index (χ4v) is 2.63. The third-order valence-electron chi connectivity index (χ3n) is 2.87. The van der Waals surface area contributed by atoms with Gasteiger partial charge in [-0.3, -0.25) is 9.52 Å². The maximum Gasteiger partial charge on any atom is 0.304 e. The minimum absolute atomic E-state index is 0.0749. The molecule has 0 aromatic heterocycles. The molecule has 2 N–H and O–H groups in total. The first-order valence-electron chi connectivity index (χ1n) is 6.29. The Morgan fingerprint density at radius 3 is 2.50 bits per heavy atom. The summed E-state index contributed by atoms with van der Waals surface area (Å²) in [6, 6.07) is 7.15. The van der Waals surface area contributed by atoms with Crippen molar-refractivity contribution >= 4 is 21.9 Å². The van der Waals surface area contributed by atoms with Gasteiger partial charge in [0.1, 0.15) is 0 Å². The van der Waals surface area contributed by atoms with Crippen molar-refractivity contribution in [1.82, 2.24) is 4.31 Å². The zero-order valence-corrected chi connectivity index (χ0v) is 12.6. The van der Waals surface area contributed by atoms with Crippen LogP contribution in [0, 0.1) is 0 Å². The molecule has 0 saturated heterocycles. The van der Waals surface area contributed by atoms with Crippen LogP contribution in [0.2, 0.25) is 0 Å². The summed E-state index contributed by atoms with van der Waals surface area (Å²) in [7, 11) is -2.39. The molecule has 112 valence electrons. The molecule has 0 saturated carbocycles. The van der Waals surface area contributed by atoms with E-state index in [1.165, 1.54) is 7.05 Å². The molecule has 0 unspecified atom stereocenters. The average molecular weight is 300 g/mol. The smallest absolute Gasteiger partial charge is 0.304 e. The molecule has 0 heterocycles. The Hall–Kier alpha value is -1.60. The molecule has 0 aliphatic rings. The van der Waals surface area contributed by atoms with Crippen molar-refractivity contribution in [3.05, 3.63) is 29.8 Å². The molecule has 0 bridgehead atoms. The molecule has 1 aromatic rings. The summed E-state index contributed by atoms with van der Waals surface area (Å²) in [6.45, 7) is 3.87. The Kier molecular flexibility index (Phi) is 5.52. The first kappa shape index (κ1) is 16.5. The van der Waals surface area contributed by atoms with Crippen LogP contribution in [-0.4, -0.2) is 37.4 Å². The monoisotopic (exact) mass is 300 g/mol. The van der Waals surface area contributed by atoms with E-state index in [4.69, 9.17) is 5.11 Å². The number of hydrogen-bond donors (Lipinski definition) is 2. The van der Waals surface area contributed by atoms with Gasteiger partial charge in [0.25, 0.3) is 0 Å². The van der Waals surface area contributed by atoms with Crippen LogP contribution in [-0.2, 0) is 15.0 Å². The van der Waals surface area contributed by atoms with Gasteiger partial charge in [0, 0.05) is 13.6 Å². The summed E-state index contributed by atoms with van der Waals surface area (Å²) in [6.07, 6.45) is -0.233. The maximum absolute atomic E-state index is 12.1. The lowest BCUT2D eigenvalue weighted by molar-refractivity contribution is -0.137. The summed E-state index contributed by atoms with van der Waals surface area (Å²) in [5, 5.41) is 8.59. The Morgan fingerprint density at radius 1 is 1.35 bits per heavy atom. The number of rotatable bonds is 7. The van der Waals surface area contributed by atoms with Gasteiger partial charge in [-0.05, 0) is 17.5 Å². The molecule has 0 amide bonds. The predicted octanol–water partition coefficient (Wildman–Crippen LogP) is 1.87. The number of hydrogen-bond acceptors (Lipinski definition) is 3. The van der Waals surface area contributed by atoms with Crippen molar-refractivity contribution in [2.24, 2.45) is 0 Å². The van der Waals surface area contributed by atoms with Gasteiger partial charge in [-0.2, -0.15) is 12.7 Å². The van der Waals surface area contributed by atoms with Crippen LogP contribution in [0.1, 0.15) is 31.7 Å². The molecule has 6 nitrogen and oxygen atoms in total. The molecule has 0 radical (unpaired) electrons. The van der Waals surface area contributed by atoms with Gasteiger partial charge in [0.05, 0.1) is 12.1 Å². The molecule has 20 heavy (non-hydrogen) atoms. The van der Waals surface area contributed by atoms with Crippen molar-refractivity contribution in [2.75, 3.05) is 18.3 Å². The second kappa shape index (κ2) is 6.71. The van der Waals surface area contributed by atoms with Gasteiger partial charge in [-0.25, -0.2) is 0 Å². The molecule has 0 atom stereocenters. The summed E-state index contributed by atoms with van der Waals surface area (Å²) < 4.78 is 27.7. The minimum Gasteiger partial charge on any atom is -0.481 e. The number of para-hydroxylation sites is 1. The van der Waals surface area contributed by atoms with E-state index in [9.17, 15) is 13.2 Å². The third kappa shape index (κ3) is 4.50. The van der Waals surface area contributed by atoms with Crippen molar-refractivity contribution in [2.45, 2.75) is 26.2 Å². The molecule has 0 aliphatic heterocycles. The van der Waals surface area contributed by atoms with E-state index in [0.717, 1.165) is 9.87 Å². The third-order valence-corrected chi connectivity index (χ3v) is 4.35. The molecule has 0 spiro atoms. The Bertz CT molecular complexity index is 569. The zero-order chi connectivity index (χ0) is 15.3. The highest BCUT2D eigenvalue weighted by Crippen LogP contribution is 2.24. The van der Waals surface area contributed by atoms with Gasteiger partial charge in [0.2, 0.25) is 0 Å². The van der Waals surface area contributed by atoms with Gasteiger partial charge in [-0.15, -0.1) is 0 Å². The molecule has 1 aromatic carbocycles. The van der Waals surface area contributed by atoms with Crippen molar-refractivity contribution in [1.29, 1.82) is 0 Å². The van der Waals surface area contributed by atoms with Gasteiger partial charge >= 0.3 is 16.2 Å². The largest absolute Gasteiger partial charge is 0.481 e. The van der Waals surface area contributed by atoms with Crippen LogP contribution >= 0.6 is 0 Å². The normalized spacial score (nSPS) is 11.8. The second-order valence-corrected chi connectivity index (χ2v) is 6.59. The van der Waals surface area contributed by atoms with E-state index in [1.807, 2.05) is 26.0 Å². The lowest BCUT2D eigenvalue weighted by atomic mass is 10.0. The highest BCUT2D eigenvalue weighted by Gasteiger charge is 2.20. The zero-order valence-electron chi connectivity index (χ0n) is 11.8. The Labute approximate surface area is 119 Å². The first-order chi connectivity index (χ1) is 9.24. The van der Waals surface area contributed by atoms with Gasteiger partial charge in [0.15, 0.2) is 0 Å². The standard InChI is InChI=1S/C13H20N2O4S/c1-10(2)11-6-4-5-7-12(11)14-20(18,19)15(3)9-8-13(16)17/h4-7,10,14H,8-9H2,1-3H3,(H,16,17). The Morgan fingerprint density at radius 2 is 1.95 bits per heavy atom. The van der Waals surface area contributed by atoms with E-state index in [-0.39, 0.29) is 18.9 Å². The number of carboxylic acid groups (broad SMARTS) is 1. The molecule has 7 heteroatoms. The number of carboxylic acids is 1. The highest BCUT2D eigenvalue weighted by atomic mass is 32.2. The molecule has 0 aliphatic carbocycles. The fourth-order valence-electron chi connectivity index (χ4n) is 1.68. The van der Waals surface area contributed by atoms with E-state index in [1.54, 1.807) is 12.1 Å². The lowest BCUT2D eigenvalue weighted by Crippen LogP contribution is -2.34. The first-order valence-corrected chi connectivity index (χ1v) is 7.73. The minimum atomic E-state index is -3.75. The quantitative estimate of drug-likeness (QED) is 0.805. The van der Waals surface area contributed by atoms with Gasteiger partial charge < -0.3 is 5.11 Å². The lowest BCUT2D eigenvalue weighted by Gasteiger charge is -2.20. The van der Waals surface area contributed by atoms with E-state index < -0.39 is 16.2 Å². The summed E-state index contributed by atoms with van der Waals surface area (Å²) in [4.78, 5) is 10.5. The highest BCUT2D eigenvalue weighted by molar-refractivity contribution is 7.90. The van der Waals surface area contributed by atoms with Crippen LogP contribution in [0.5, 0.6) is 0 Å². The predicted molar refractivity (Wildman–Crippen MR) is 78.0 cm³/mol. The number of carbonyl (C=O) groups is 1. The van der Waals surface area contributed by atoms with Crippen LogP contribution in [0.3, 0.4) is 0 Å². The fraction of sp³-hybridized carbons (Fsp3) is 0.462. The summed E-state index contributed by atoms with van der Waals surface area (Å²) in [5.74, 6) is -0.854. The SMILES string of the molecule is CC(C)c1ccccc1NS(=O)(=O)N(C)CCC(=O)O. The number of anilines is 1. The van der Waals surface area contributed by atoms with Crippen LogP contribution in [0.15, 0.2) is 24.3 Å². The Balaban J connectivity index is 2.88. The summed E-state index contributed by atoms with van der Waals surface area (Å²) in [5.41, 5.74) is 1.41. The second-order valence-electron chi connectivity index (χ2n) is 4.81. The van der Waals surface area contributed by atoms with Crippen molar-refractivity contribution < 1.29 is 18.3 Å². The number of aliphatic carboxylic acids is 1. The number of benzene rings is 1. The van der Waals surface area contributed by atoms with Crippen molar-refractivity contribution in [3.63, 3.8) is 0 Å². The van der Waals surface area contributed by atoms with Gasteiger partial charge in [-0.1, -0.05) is 32.0 Å². The number of nitrogens with zero attached hydrogens (tertiary/aromatic N) is 1. The van der Waals surface area contributed by atoms with E-state index >= 15 is 0 Å². The number of nitrogens with one attached hydrogen (secondary N) is 1. The average Bonchev–Trinajstić information content (AvgIpc) is 2.35. The topological polar surface area (TPSA) is 86.7 Å². The van der Waals surface area contributed by atoms with E-state index in [0.29, 0.717) is 5.69 Å². The molecular weight excluding hydrogens is 280 g/mol.